The van der Waals surface area contributed by atoms with Gasteiger partial charge in [0.15, 0.2) is 5.60 Å². The third-order valence-corrected chi connectivity index (χ3v) is 16.2. The van der Waals surface area contributed by atoms with Crippen LogP contribution in [-0.2, 0) is 84.2 Å². The first-order valence-corrected chi connectivity index (χ1v) is 26.5. The van der Waals surface area contributed by atoms with Crippen molar-refractivity contribution in [2.24, 2.45) is 5.41 Å². The van der Waals surface area contributed by atoms with Gasteiger partial charge in [-0.25, -0.2) is 14.2 Å². The van der Waals surface area contributed by atoms with E-state index in [9.17, 15) is 53.1 Å². The molecule has 414 valence electrons. The fraction of sp³-hybridized carbons (Fsp3) is 0.446. The van der Waals surface area contributed by atoms with Crippen LogP contribution in [0.25, 0.3) is 22.3 Å². The Hall–Kier alpha value is -8.18. The molecule has 11 rings (SSSR count). The molecular formula is C56H60FN9O13. The van der Waals surface area contributed by atoms with Crippen LogP contribution < -0.4 is 37.5 Å². The van der Waals surface area contributed by atoms with Crippen LogP contribution in [0.3, 0.4) is 0 Å². The van der Waals surface area contributed by atoms with Crippen molar-refractivity contribution in [3.63, 3.8) is 0 Å². The lowest BCUT2D eigenvalue weighted by Gasteiger charge is -2.68. The van der Waals surface area contributed by atoms with Gasteiger partial charge in [0, 0.05) is 54.1 Å². The molecule has 4 aliphatic carbocycles. The molecule has 2 aromatic carbocycles. The van der Waals surface area contributed by atoms with Crippen molar-refractivity contribution in [3.05, 3.63) is 110 Å². The number of carbonyl (C=O) groups excluding carboxylic acids is 9. The third kappa shape index (κ3) is 10.4. The summed E-state index contributed by atoms with van der Waals surface area (Å²) in [5.41, 5.74) is 1.04. The Labute approximate surface area is 451 Å². The van der Waals surface area contributed by atoms with E-state index >= 15 is 4.39 Å². The number of rotatable bonds is 22. The first-order chi connectivity index (χ1) is 37.8. The summed E-state index contributed by atoms with van der Waals surface area (Å²) in [5.74, 6) is -5.15. The molecular weight excluding hydrogens is 1030 g/mol. The predicted molar refractivity (Wildman–Crippen MR) is 277 cm³/mol. The summed E-state index contributed by atoms with van der Waals surface area (Å²) < 4.78 is 28.3. The zero-order valence-electron chi connectivity index (χ0n) is 43.6. The van der Waals surface area contributed by atoms with Gasteiger partial charge in [0.1, 0.15) is 25.2 Å². The maximum absolute atomic E-state index is 15.5. The molecule has 3 saturated carbocycles. The van der Waals surface area contributed by atoms with Crippen molar-refractivity contribution in [1.29, 1.82) is 0 Å². The number of aryl methyl sites for hydroxylation is 1. The van der Waals surface area contributed by atoms with Gasteiger partial charge in [-0.1, -0.05) is 43.7 Å². The number of halogens is 1. The normalized spacial score (nSPS) is 22.1. The number of aromatic nitrogens is 2. The highest BCUT2D eigenvalue weighted by molar-refractivity contribution is 6.12. The SMILES string of the molecule is CC[C@@]1(O)C(=O)OCc2c1cc1n(c2=O)Cc2c-1nc1cc(F)c(C)c3c1c2[C@@H](NC(=O)C12CC(OCNC(=O)CNC(=O)[C@H](Cc4ccccc4)NC(=O)CNC(=O)CNC(=O)CCCCCN4C(=O)C=CC4=O)(C1)C2)CC3. The summed E-state index contributed by atoms with van der Waals surface area (Å²) in [7, 11) is 0. The smallest absolute Gasteiger partial charge is 0.343 e. The Balaban J connectivity index is 0.688. The fourth-order valence-electron chi connectivity index (χ4n) is 11.9. The van der Waals surface area contributed by atoms with Gasteiger partial charge in [0.25, 0.3) is 17.4 Å². The molecule has 2 bridgehead atoms. The maximum atomic E-state index is 15.5. The molecule has 3 aliphatic heterocycles. The first kappa shape index (κ1) is 54.2. The minimum absolute atomic E-state index is 0.0302. The Morgan fingerprint density at radius 1 is 0.861 bits per heavy atom. The number of cyclic esters (lactones) is 1. The number of benzene rings is 2. The first-order valence-electron chi connectivity index (χ1n) is 26.5. The van der Waals surface area contributed by atoms with E-state index in [1.165, 1.54) is 22.8 Å². The van der Waals surface area contributed by atoms with E-state index < -0.39 is 95.2 Å². The lowest BCUT2D eigenvalue weighted by molar-refractivity contribution is -0.276. The van der Waals surface area contributed by atoms with Crippen molar-refractivity contribution in [2.45, 2.75) is 121 Å². The van der Waals surface area contributed by atoms with Gasteiger partial charge in [-0.05, 0) is 86.6 Å². The standard InChI is InChI=1S/C56H60FN9O13/c1-3-56(77)35-19-40-49-33(24-66(40)51(74)34(35)25-78-53(56)76)48-37(14-13-32-30(2)36(57)20-38(63-49)47(32)48)64-52(75)54-26-55(27-54,28-54)79-29-61-43(69)22-60-50(73)39(18-31-10-6-4-7-11-31)62-44(70)23-59-42(68)21-58-41(67)12-8-5-9-17-65-45(71)15-16-46(65)72/h4,6-7,10-11,15-16,19-20,37,39,77H,3,5,8-9,12-14,17-18,21-29H2,1-2H3,(H,58,67)(H,59,68)(H,60,73)(H,61,69)(H,62,70)(H,64,75)/t37-,39-,54?,55?,56-/m0/s1. The largest absolute Gasteiger partial charge is 0.458 e. The van der Waals surface area contributed by atoms with E-state index in [4.69, 9.17) is 14.5 Å². The molecule has 4 aromatic rings. The summed E-state index contributed by atoms with van der Waals surface area (Å²) in [6.45, 7) is 1.85. The average molecular weight is 1090 g/mol. The van der Waals surface area contributed by atoms with Gasteiger partial charge in [-0.15, -0.1) is 0 Å². The van der Waals surface area contributed by atoms with E-state index in [1.54, 1.807) is 50.2 Å². The maximum Gasteiger partial charge on any atom is 0.343 e. The lowest BCUT2D eigenvalue weighted by atomic mass is 9.40. The Bertz CT molecular complexity index is 3320. The van der Waals surface area contributed by atoms with Crippen molar-refractivity contribution in [1.82, 2.24) is 46.4 Å². The highest BCUT2D eigenvalue weighted by atomic mass is 19.1. The minimum Gasteiger partial charge on any atom is -0.458 e. The van der Waals surface area contributed by atoms with E-state index in [0.29, 0.717) is 85.0 Å². The number of amides is 8. The second kappa shape index (κ2) is 21.6. The van der Waals surface area contributed by atoms with Gasteiger partial charge >= 0.3 is 5.97 Å². The van der Waals surface area contributed by atoms with Crippen molar-refractivity contribution < 1.29 is 62.1 Å². The van der Waals surface area contributed by atoms with Gasteiger partial charge in [0.2, 0.25) is 35.4 Å². The summed E-state index contributed by atoms with van der Waals surface area (Å²) in [4.78, 5) is 134. The van der Waals surface area contributed by atoms with Crippen LogP contribution in [-0.4, -0.2) is 117 Å². The van der Waals surface area contributed by atoms with E-state index in [0.717, 1.165) is 21.4 Å². The zero-order chi connectivity index (χ0) is 56.0. The molecule has 23 heteroatoms. The van der Waals surface area contributed by atoms with Crippen molar-refractivity contribution >= 4 is 64.1 Å². The highest BCUT2D eigenvalue weighted by Crippen LogP contribution is 2.69. The van der Waals surface area contributed by atoms with Crippen LogP contribution in [0.5, 0.6) is 0 Å². The summed E-state index contributed by atoms with van der Waals surface area (Å²) in [6.07, 6.45) is 6.26. The summed E-state index contributed by atoms with van der Waals surface area (Å²) >= 11 is 0. The highest BCUT2D eigenvalue weighted by Gasteiger charge is 2.73. The van der Waals surface area contributed by atoms with Gasteiger partial charge in [-0.3, -0.25) is 48.1 Å². The number of hydrogen-bond donors (Lipinski definition) is 7. The number of hydrogen-bond acceptors (Lipinski definition) is 14. The number of unbranched alkanes of at least 4 members (excludes halogenated alkanes) is 2. The molecule has 8 amide bonds. The van der Waals surface area contributed by atoms with Crippen LogP contribution in [0, 0.1) is 18.2 Å². The lowest BCUT2D eigenvalue weighted by Crippen LogP contribution is -2.73. The summed E-state index contributed by atoms with van der Waals surface area (Å²) in [5, 5.41) is 28.1. The molecule has 79 heavy (non-hydrogen) atoms. The average Bonchev–Trinajstić information content (AvgIpc) is 2.51. The number of esters is 1. The molecule has 22 nitrogen and oxygen atoms in total. The number of nitrogens with zero attached hydrogens (tertiary/aromatic N) is 3. The third-order valence-electron chi connectivity index (χ3n) is 16.2. The zero-order valence-corrected chi connectivity index (χ0v) is 43.6. The molecule has 7 aliphatic rings. The Morgan fingerprint density at radius 3 is 2.29 bits per heavy atom. The Kier molecular flexibility index (Phi) is 14.8. The van der Waals surface area contributed by atoms with Crippen molar-refractivity contribution in [3.8, 4) is 11.4 Å². The van der Waals surface area contributed by atoms with Gasteiger partial charge < -0.3 is 51.0 Å². The molecule has 0 spiro atoms. The minimum atomic E-state index is -2.03. The topological polar surface area (TPSA) is 303 Å². The number of ether oxygens (including phenoxy) is 2. The number of nitrogens with one attached hydrogen (secondary N) is 6. The summed E-state index contributed by atoms with van der Waals surface area (Å²) in [6, 6.07) is 10.2. The van der Waals surface area contributed by atoms with Crippen molar-refractivity contribution in [2.75, 3.05) is 32.9 Å². The molecule has 5 heterocycles. The number of fused-ring (bicyclic) bond motifs is 5. The predicted octanol–water partition coefficient (Wildman–Crippen LogP) is 1.21. The molecule has 0 radical (unpaired) electrons. The van der Waals surface area contributed by atoms with Crippen LogP contribution >= 0.6 is 0 Å². The van der Waals surface area contributed by atoms with E-state index in [2.05, 4.69) is 31.9 Å². The van der Waals surface area contributed by atoms with Crippen LogP contribution in [0.1, 0.15) is 110 Å². The quantitative estimate of drug-likeness (QED) is 0.0222. The molecule has 0 saturated heterocycles. The molecule has 2 aromatic heterocycles. The number of pyridine rings is 2. The van der Waals surface area contributed by atoms with Crippen LogP contribution in [0.4, 0.5) is 4.39 Å². The van der Waals surface area contributed by atoms with Gasteiger partial charge in [0.05, 0.1) is 65.7 Å². The Morgan fingerprint density at radius 2 is 1.56 bits per heavy atom. The van der Waals surface area contributed by atoms with Crippen LogP contribution in [0.15, 0.2) is 59.4 Å². The second-order valence-electron chi connectivity index (χ2n) is 21.3. The van der Waals surface area contributed by atoms with Crippen LogP contribution in [0.2, 0.25) is 0 Å². The molecule has 7 N–H and O–H groups in total. The second-order valence-corrected chi connectivity index (χ2v) is 21.3. The number of carbonyl (C=O) groups is 9. The molecule has 3 atom stereocenters. The van der Waals surface area contributed by atoms with Gasteiger partial charge in [-0.2, -0.15) is 0 Å². The number of imide groups is 1. The van der Waals surface area contributed by atoms with E-state index in [1.807, 2.05) is 0 Å². The number of aliphatic hydroxyl groups is 1. The molecule has 0 unspecified atom stereocenters. The van der Waals surface area contributed by atoms with E-state index in [-0.39, 0.29) is 74.5 Å². The fourth-order valence-corrected chi connectivity index (χ4v) is 11.9. The molecule has 3 fully saturated rings. The monoisotopic (exact) mass is 1090 g/mol.